The summed E-state index contributed by atoms with van der Waals surface area (Å²) < 4.78 is 10.6. The van der Waals surface area contributed by atoms with Gasteiger partial charge in [0.2, 0.25) is 0 Å². The molecule has 0 radical (unpaired) electrons. The first-order valence-electron chi connectivity index (χ1n) is 8.17. The number of hydrogen-bond acceptors (Lipinski definition) is 3. The quantitative estimate of drug-likeness (QED) is 0.624. The van der Waals surface area contributed by atoms with Crippen molar-refractivity contribution in [2.75, 3.05) is 19.5 Å². The van der Waals surface area contributed by atoms with Crippen LogP contribution in [0.5, 0.6) is 11.5 Å². The van der Waals surface area contributed by atoms with Gasteiger partial charge < -0.3 is 20.5 Å². The molecule has 3 N–H and O–H groups in total. The van der Waals surface area contributed by atoms with E-state index in [1.165, 1.54) is 5.56 Å². The van der Waals surface area contributed by atoms with E-state index in [4.69, 9.17) is 26.8 Å². The summed E-state index contributed by atoms with van der Waals surface area (Å²) in [6.07, 6.45) is 1.89. The molecule has 5 nitrogen and oxygen atoms in total. The molecule has 25 heavy (non-hydrogen) atoms. The zero-order valence-electron chi connectivity index (χ0n) is 14.3. The number of methoxy groups -OCH3 is 2. The van der Waals surface area contributed by atoms with Crippen LogP contribution < -0.4 is 20.5 Å². The lowest BCUT2D eigenvalue weighted by molar-refractivity contribution is 0.353. The fraction of sp³-hybridized carbons (Fsp3) is 0.316. The molecule has 132 valence electrons. The van der Waals surface area contributed by atoms with E-state index >= 15 is 0 Å². The Balaban J connectivity index is 1.63. The van der Waals surface area contributed by atoms with Crippen molar-refractivity contribution < 1.29 is 9.47 Å². The molecule has 0 heterocycles. The van der Waals surface area contributed by atoms with Crippen molar-refractivity contribution in [3.8, 4) is 11.5 Å². The van der Waals surface area contributed by atoms with Gasteiger partial charge in [0, 0.05) is 11.1 Å². The Morgan fingerprint density at radius 1 is 1.16 bits per heavy atom. The number of rotatable bonds is 5. The third kappa shape index (κ3) is 3.99. The van der Waals surface area contributed by atoms with E-state index in [1.54, 1.807) is 14.2 Å². The second kappa shape index (κ2) is 7.66. The van der Waals surface area contributed by atoms with Gasteiger partial charge in [-0.3, -0.25) is 0 Å². The topological polar surface area (TPSA) is 68.9 Å². The van der Waals surface area contributed by atoms with Crippen LogP contribution in [0.15, 0.2) is 47.5 Å². The van der Waals surface area contributed by atoms with Gasteiger partial charge in [0.1, 0.15) is 11.5 Å². The van der Waals surface area contributed by atoms with Crippen molar-refractivity contribution in [3.63, 3.8) is 0 Å². The van der Waals surface area contributed by atoms with E-state index in [2.05, 4.69) is 16.4 Å². The maximum absolute atomic E-state index is 6.26. The highest BCUT2D eigenvalue weighted by Gasteiger charge is 2.31. The lowest BCUT2D eigenvalue weighted by Gasteiger charge is -2.33. The van der Waals surface area contributed by atoms with Crippen LogP contribution in [-0.2, 0) is 0 Å². The molecule has 0 spiro atoms. The Bertz CT molecular complexity index is 773. The van der Waals surface area contributed by atoms with Crippen LogP contribution in [0, 0.1) is 0 Å². The molecular weight excluding hydrogens is 338 g/mol. The fourth-order valence-electron chi connectivity index (χ4n) is 3.03. The summed E-state index contributed by atoms with van der Waals surface area (Å²) in [6, 6.07) is 13.7. The number of nitrogens with two attached hydrogens (primary N) is 1. The van der Waals surface area contributed by atoms with Gasteiger partial charge in [-0.25, -0.2) is 4.99 Å². The van der Waals surface area contributed by atoms with E-state index in [1.807, 2.05) is 36.4 Å². The molecule has 2 aromatic carbocycles. The predicted octanol–water partition coefficient (Wildman–Crippen LogP) is 4.03. The second-order valence-electron chi connectivity index (χ2n) is 6.05. The van der Waals surface area contributed by atoms with E-state index in [-0.39, 0.29) is 6.04 Å². The van der Waals surface area contributed by atoms with Crippen LogP contribution in [0.4, 0.5) is 5.69 Å². The average molecular weight is 360 g/mol. The van der Waals surface area contributed by atoms with Crippen molar-refractivity contribution in [2.24, 2.45) is 10.7 Å². The molecule has 1 fully saturated rings. The molecule has 0 saturated heterocycles. The van der Waals surface area contributed by atoms with Crippen LogP contribution >= 0.6 is 11.6 Å². The van der Waals surface area contributed by atoms with Gasteiger partial charge in [0.05, 0.1) is 25.9 Å². The first-order valence-corrected chi connectivity index (χ1v) is 8.55. The maximum atomic E-state index is 6.26. The summed E-state index contributed by atoms with van der Waals surface area (Å²) in [5.74, 6) is 2.22. The SMILES string of the molecule is COc1ccc(OC)c(NC(N)=NC2CC(c3ccccc3Cl)C2)c1. The predicted molar refractivity (Wildman–Crippen MR) is 102 cm³/mol. The van der Waals surface area contributed by atoms with Gasteiger partial charge in [0.15, 0.2) is 5.96 Å². The first kappa shape index (κ1) is 17.4. The minimum atomic E-state index is 0.199. The molecule has 3 rings (SSSR count). The third-order valence-corrected chi connectivity index (χ3v) is 4.79. The molecule has 0 aliphatic heterocycles. The molecule has 1 saturated carbocycles. The Kier molecular flexibility index (Phi) is 5.34. The summed E-state index contributed by atoms with van der Waals surface area (Å²) in [5, 5.41) is 3.92. The fourth-order valence-corrected chi connectivity index (χ4v) is 3.32. The number of hydrogen-bond donors (Lipinski definition) is 2. The summed E-state index contributed by atoms with van der Waals surface area (Å²) in [7, 11) is 3.23. The number of nitrogens with one attached hydrogen (secondary N) is 1. The number of halogens is 1. The van der Waals surface area contributed by atoms with E-state index in [0.717, 1.165) is 29.3 Å². The summed E-state index contributed by atoms with van der Waals surface area (Å²) >= 11 is 6.26. The van der Waals surface area contributed by atoms with Crippen LogP contribution in [0.1, 0.15) is 24.3 Å². The molecule has 0 amide bonds. The van der Waals surface area contributed by atoms with Gasteiger partial charge in [-0.05, 0) is 42.5 Å². The third-order valence-electron chi connectivity index (χ3n) is 4.45. The molecular formula is C19H22ClN3O2. The zero-order valence-corrected chi connectivity index (χ0v) is 15.1. The van der Waals surface area contributed by atoms with E-state index < -0.39 is 0 Å². The monoisotopic (exact) mass is 359 g/mol. The smallest absolute Gasteiger partial charge is 0.193 e. The van der Waals surface area contributed by atoms with Crippen molar-refractivity contribution in [1.82, 2.24) is 0 Å². The highest BCUT2D eigenvalue weighted by Crippen LogP contribution is 2.41. The van der Waals surface area contributed by atoms with E-state index in [0.29, 0.717) is 17.6 Å². The van der Waals surface area contributed by atoms with E-state index in [9.17, 15) is 0 Å². The van der Waals surface area contributed by atoms with Crippen molar-refractivity contribution in [2.45, 2.75) is 24.8 Å². The van der Waals surface area contributed by atoms with Crippen molar-refractivity contribution in [1.29, 1.82) is 0 Å². The molecule has 1 aliphatic carbocycles. The lowest BCUT2D eigenvalue weighted by atomic mass is 9.76. The lowest BCUT2D eigenvalue weighted by Crippen LogP contribution is -2.31. The Labute approximate surface area is 152 Å². The van der Waals surface area contributed by atoms with Crippen molar-refractivity contribution >= 4 is 23.2 Å². The van der Waals surface area contributed by atoms with Gasteiger partial charge >= 0.3 is 0 Å². The molecule has 2 aromatic rings. The van der Waals surface area contributed by atoms with Crippen molar-refractivity contribution in [3.05, 3.63) is 53.1 Å². The largest absolute Gasteiger partial charge is 0.497 e. The first-order chi connectivity index (χ1) is 12.1. The normalized spacial score (nSPS) is 19.9. The number of benzene rings is 2. The summed E-state index contributed by atoms with van der Waals surface area (Å²) in [4.78, 5) is 4.56. The minimum absolute atomic E-state index is 0.199. The van der Waals surface area contributed by atoms with Gasteiger partial charge in [-0.15, -0.1) is 0 Å². The number of anilines is 1. The molecule has 0 aromatic heterocycles. The second-order valence-corrected chi connectivity index (χ2v) is 6.46. The average Bonchev–Trinajstić information content (AvgIpc) is 2.58. The summed E-state index contributed by atoms with van der Waals surface area (Å²) in [5.41, 5.74) is 7.98. The molecule has 0 atom stereocenters. The Hall–Kier alpha value is -2.40. The van der Waals surface area contributed by atoms with Gasteiger partial charge in [-0.1, -0.05) is 29.8 Å². The Morgan fingerprint density at radius 3 is 2.60 bits per heavy atom. The summed E-state index contributed by atoms with van der Waals surface area (Å²) in [6.45, 7) is 0. The van der Waals surface area contributed by atoms with Crippen LogP contribution in [-0.4, -0.2) is 26.2 Å². The maximum Gasteiger partial charge on any atom is 0.193 e. The number of nitrogens with zero attached hydrogens (tertiary/aromatic N) is 1. The van der Waals surface area contributed by atoms with Crippen LogP contribution in [0.2, 0.25) is 5.02 Å². The molecule has 1 aliphatic rings. The standard InChI is InChI=1S/C19H22ClN3O2/c1-24-14-7-8-18(25-2)17(11-14)23-19(21)22-13-9-12(10-13)15-5-3-4-6-16(15)20/h3-8,11-13H,9-10H2,1-2H3,(H3,21,22,23). The molecule has 6 heteroatoms. The number of guanidine groups is 1. The zero-order chi connectivity index (χ0) is 17.8. The molecule has 0 bridgehead atoms. The highest BCUT2D eigenvalue weighted by atomic mass is 35.5. The van der Waals surface area contributed by atoms with Gasteiger partial charge in [0.25, 0.3) is 0 Å². The number of ether oxygens (including phenoxy) is 2. The van der Waals surface area contributed by atoms with Gasteiger partial charge in [-0.2, -0.15) is 0 Å². The Morgan fingerprint density at radius 2 is 1.92 bits per heavy atom. The van der Waals surface area contributed by atoms with Crippen LogP contribution in [0.25, 0.3) is 0 Å². The van der Waals surface area contributed by atoms with Crippen LogP contribution in [0.3, 0.4) is 0 Å². The minimum Gasteiger partial charge on any atom is -0.497 e. The number of aliphatic imine (C=N–C) groups is 1. The highest BCUT2D eigenvalue weighted by molar-refractivity contribution is 6.31. The molecule has 0 unspecified atom stereocenters.